The zero-order valence-electron chi connectivity index (χ0n) is 12.2. The lowest BCUT2D eigenvalue weighted by molar-refractivity contribution is -0.134. The Labute approximate surface area is 118 Å². The summed E-state index contributed by atoms with van der Waals surface area (Å²) in [4.78, 5) is 14.3. The molecule has 3 nitrogen and oxygen atoms in total. The summed E-state index contributed by atoms with van der Waals surface area (Å²) in [5.74, 6) is 1.49. The van der Waals surface area contributed by atoms with Crippen molar-refractivity contribution in [2.45, 2.75) is 53.0 Å². The number of hydrogen-bond donors (Lipinski definition) is 1. The highest BCUT2D eigenvalue weighted by molar-refractivity contribution is 5.85. The molecule has 1 amide bonds. The molecule has 0 atom stereocenters. The predicted octanol–water partition coefficient (Wildman–Crippen LogP) is 2.69. The zero-order valence-corrected chi connectivity index (χ0v) is 13.1. The molecule has 0 aliphatic carbocycles. The molecule has 108 valence electrons. The summed E-state index contributed by atoms with van der Waals surface area (Å²) >= 11 is 0. The molecular formula is C14H29ClN2O. The smallest absolute Gasteiger partial charge is 0.223 e. The van der Waals surface area contributed by atoms with Gasteiger partial charge in [0.15, 0.2) is 0 Å². The van der Waals surface area contributed by atoms with Crippen LogP contribution in [0.5, 0.6) is 0 Å². The first-order chi connectivity index (χ1) is 8.00. The van der Waals surface area contributed by atoms with Crippen molar-refractivity contribution >= 4 is 18.3 Å². The standard InChI is InChI=1S/C14H28N2O.ClH/c1-11(2)10-16(12(3)4)14(17)9-13-5-7-15-8-6-13;/h11-13,15H,5-10H2,1-4H3;1H. The van der Waals surface area contributed by atoms with E-state index in [4.69, 9.17) is 0 Å². The van der Waals surface area contributed by atoms with Crippen molar-refractivity contribution in [2.24, 2.45) is 11.8 Å². The second-order valence-corrected chi connectivity index (χ2v) is 5.93. The molecular weight excluding hydrogens is 248 g/mol. The van der Waals surface area contributed by atoms with Gasteiger partial charge in [-0.2, -0.15) is 0 Å². The third kappa shape index (κ3) is 6.05. The molecule has 1 rings (SSSR count). The molecule has 4 heteroatoms. The normalized spacial score (nSPS) is 16.8. The van der Waals surface area contributed by atoms with Gasteiger partial charge in [-0.1, -0.05) is 13.8 Å². The van der Waals surface area contributed by atoms with Crippen molar-refractivity contribution in [1.82, 2.24) is 10.2 Å². The fourth-order valence-electron chi connectivity index (χ4n) is 2.44. The Kier molecular flexibility index (Phi) is 8.62. The number of hydrogen-bond acceptors (Lipinski definition) is 2. The molecule has 0 spiro atoms. The van der Waals surface area contributed by atoms with E-state index in [-0.39, 0.29) is 12.4 Å². The fraction of sp³-hybridized carbons (Fsp3) is 0.929. The molecule has 0 saturated carbocycles. The summed E-state index contributed by atoms with van der Waals surface area (Å²) in [6.45, 7) is 11.6. The molecule has 1 aliphatic rings. The second-order valence-electron chi connectivity index (χ2n) is 5.93. The van der Waals surface area contributed by atoms with Crippen LogP contribution in [0.1, 0.15) is 47.0 Å². The number of carbonyl (C=O) groups excluding carboxylic acids is 1. The van der Waals surface area contributed by atoms with Crippen LogP contribution in [0.3, 0.4) is 0 Å². The minimum atomic E-state index is 0. The number of carbonyl (C=O) groups is 1. The summed E-state index contributed by atoms with van der Waals surface area (Å²) in [5, 5.41) is 3.35. The van der Waals surface area contributed by atoms with E-state index in [1.165, 1.54) is 0 Å². The van der Waals surface area contributed by atoms with Gasteiger partial charge in [0.25, 0.3) is 0 Å². The van der Waals surface area contributed by atoms with Gasteiger partial charge in [0, 0.05) is 19.0 Å². The number of nitrogens with zero attached hydrogens (tertiary/aromatic N) is 1. The SMILES string of the molecule is CC(C)CN(C(=O)CC1CCNCC1)C(C)C.Cl. The molecule has 0 aromatic rings. The van der Waals surface area contributed by atoms with E-state index in [1.54, 1.807) is 0 Å². The van der Waals surface area contributed by atoms with E-state index in [0.29, 0.717) is 23.8 Å². The highest BCUT2D eigenvalue weighted by atomic mass is 35.5. The maximum Gasteiger partial charge on any atom is 0.223 e. The Morgan fingerprint density at radius 2 is 1.78 bits per heavy atom. The monoisotopic (exact) mass is 276 g/mol. The Bertz CT molecular complexity index is 238. The van der Waals surface area contributed by atoms with Crippen molar-refractivity contribution in [1.29, 1.82) is 0 Å². The van der Waals surface area contributed by atoms with Gasteiger partial charge in [-0.25, -0.2) is 0 Å². The summed E-state index contributed by atoms with van der Waals surface area (Å²) in [5.41, 5.74) is 0. The largest absolute Gasteiger partial charge is 0.340 e. The average molecular weight is 277 g/mol. The van der Waals surface area contributed by atoms with E-state index in [2.05, 4.69) is 33.0 Å². The van der Waals surface area contributed by atoms with Crippen molar-refractivity contribution in [3.8, 4) is 0 Å². The van der Waals surface area contributed by atoms with E-state index < -0.39 is 0 Å². The lowest BCUT2D eigenvalue weighted by atomic mass is 9.93. The molecule has 1 aliphatic heterocycles. The van der Waals surface area contributed by atoms with Crippen LogP contribution in [0.15, 0.2) is 0 Å². The van der Waals surface area contributed by atoms with Gasteiger partial charge in [-0.15, -0.1) is 12.4 Å². The van der Waals surface area contributed by atoms with E-state index >= 15 is 0 Å². The summed E-state index contributed by atoms with van der Waals surface area (Å²) < 4.78 is 0. The first kappa shape index (κ1) is 17.7. The van der Waals surface area contributed by atoms with Crippen molar-refractivity contribution in [2.75, 3.05) is 19.6 Å². The second kappa shape index (κ2) is 8.76. The fourth-order valence-corrected chi connectivity index (χ4v) is 2.44. The Hall–Kier alpha value is -0.280. The molecule has 0 aromatic heterocycles. The van der Waals surface area contributed by atoms with Crippen LogP contribution in [0, 0.1) is 11.8 Å². The van der Waals surface area contributed by atoms with E-state index in [1.807, 2.05) is 4.90 Å². The topological polar surface area (TPSA) is 32.3 Å². The van der Waals surface area contributed by atoms with Crippen molar-refractivity contribution in [3.63, 3.8) is 0 Å². The minimum Gasteiger partial charge on any atom is -0.340 e. The summed E-state index contributed by atoms with van der Waals surface area (Å²) in [7, 11) is 0. The Balaban J connectivity index is 0.00000289. The van der Waals surface area contributed by atoms with Crippen LogP contribution >= 0.6 is 12.4 Å². The maximum absolute atomic E-state index is 12.3. The van der Waals surface area contributed by atoms with E-state index in [0.717, 1.165) is 38.9 Å². The molecule has 0 unspecified atom stereocenters. The highest BCUT2D eigenvalue weighted by Gasteiger charge is 2.22. The van der Waals surface area contributed by atoms with Crippen LogP contribution < -0.4 is 5.32 Å². The number of nitrogens with one attached hydrogen (secondary N) is 1. The van der Waals surface area contributed by atoms with E-state index in [9.17, 15) is 4.79 Å². The van der Waals surface area contributed by atoms with Crippen molar-refractivity contribution < 1.29 is 4.79 Å². The maximum atomic E-state index is 12.3. The van der Waals surface area contributed by atoms with Gasteiger partial charge in [0.05, 0.1) is 0 Å². The third-order valence-corrected chi connectivity index (χ3v) is 3.43. The number of amides is 1. The Morgan fingerprint density at radius 1 is 1.22 bits per heavy atom. The van der Waals surface area contributed by atoms with Crippen molar-refractivity contribution in [3.05, 3.63) is 0 Å². The van der Waals surface area contributed by atoms with Crippen LogP contribution in [-0.4, -0.2) is 36.5 Å². The van der Waals surface area contributed by atoms with Crippen LogP contribution in [0.2, 0.25) is 0 Å². The van der Waals surface area contributed by atoms with Gasteiger partial charge in [-0.3, -0.25) is 4.79 Å². The molecule has 1 N–H and O–H groups in total. The van der Waals surface area contributed by atoms with Crippen LogP contribution in [-0.2, 0) is 4.79 Å². The van der Waals surface area contributed by atoms with Gasteiger partial charge in [0.2, 0.25) is 5.91 Å². The highest BCUT2D eigenvalue weighted by Crippen LogP contribution is 2.18. The van der Waals surface area contributed by atoms with Gasteiger partial charge in [-0.05, 0) is 51.6 Å². The number of rotatable bonds is 5. The molecule has 1 heterocycles. The quantitative estimate of drug-likeness (QED) is 0.837. The van der Waals surface area contributed by atoms with Crippen LogP contribution in [0.25, 0.3) is 0 Å². The lowest BCUT2D eigenvalue weighted by Crippen LogP contribution is -2.41. The van der Waals surface area contributed by atoms with Crippen LogP contribution in [0.4, 0.5) is 0 Å². The third-order valence-electron chi connectivity index (χ3n) is 3.43. The van der Waals surface area contributed by atoms with Gasteiger partial charge < -0.3 is 10.2 Å². The Morgan fingerprint density at radius 3 is 2.22 bits per heavy atom. The lowest BCUT2D eigenvalue weighted by Gasteiger charge is -2.31. The van der Waals surface area contributed by atoms with Gasteiger partial charge in [0.1, 0.15) is 0 Å². The molecule has 0 radical (unpaired) electrons. The summed E-state index contributed by atoms with van der Waals surface area (Å²) in [6, 6.07) is 0.326. The predicted molar refractivity (Wildman–Crippen MR) is 79.1 cm³/mol. The molecule has 0 bridgehead atoms. The first-order valence-corrected chi connectivity index (χ1v) is 7.01. The molecule has 1 saturated heterocycles. The first-order valence-electron chi connectivity index (χ1n) is 7.01. The van der Waals surface area contributed by atoms with Gasteiger partial charge >= 0.3 is 0 Å². The molecule has 0 aromatic carbocycles. The summed E-state index contributed by atoms with van der Waals surface area (Å²) in [6.07, 6.45) is 3.05. The average Bonchev–Trinajstić information content (AvgIpc) is 2.26. The molecule has 18 heavy (non-hydrogen) atoms. The number of halogens is 1. The molecule has 1 fully saturated rings. The number of piperidine rings is 1. The minimum absolute atomic E-state index is 0. The zero-order chi connectivity index (χ0) is 12.8.